The number of nitrogens with one attached hydrogen (secondary N) is 2. The van der Waals surface area contributed by atoms with Crippen LogP contribution in [0.5, 0.6) is 11.5 Å². The molecule has 0 aliphatic carbocycles. The van der Waals surface area contributed by atoms with E-state index in [0.29, 0.717) is 30.6 Å². The van der Waals surface area contributed by atoms with Crippen molar-refractivity contribution in [3.8, 4) is 11.5 Å². The number of fused-ring (bicyclic) bond motifs is 1. The Bertz CT molecular complexity index is 488. The molecule has 1 aliphatic rings. The lowest BCUT2D eigenvalue weighted by Crippen LogP contribution is -2.36. The molecule has 21 heavy (non-hydrogen) atoms. The number of hydrogen-bond donors (Lipinski definition) is 2. The molecular formula is C16H24N2O3. The van der Waals surface area contributed by atoms with E-state index in [-0.39, 0.29) is 12.1 Å². The molecule has 1 aromatic carbocycles. The summed E-state index contributed by atoms with van der Waals surface area (Å²) >= 11 is 0. The highest BCUT2D eigenvalue weighted by molar-refractivity contribution is 5.89. The van der Waals surface area contributed by atoms with Crippen LogP contribution in [0.4, 0.5) is 10.5 Å². The van der Waals surface area contributed by atoms with E-state index in [4.69, 9.17) is 9.47 Å². The predicted octanol–water partition coefficient (Wildman–Crippen LogP) is 3.40. The molecule has 0 radical (unpaired) electrons. The first-order valence-electron chi connectivity index (χ1n) is 7.51. The van der Waals surface area contributed by atoms with E-state index in [2.05, 4.69) is 24.5 Å². The normalized spacial score (nSPS) is 14.7. The summed E-state index contributed by atoms with van der Waals surface area (Å²) in [6.07, 6.45) is 2.08. The van der Waals surface area contributed by atoms with Gasteiger partial charge in [-0.25, -0.2) is 4.79 Å². The van der Waals surface area contributed by atoms with Gasteiger partial charge in [-0.3, -0.25) is 0 Å². The maximum Gasteiger partial charge on any atom is 0.319 e. The summed E-state index contributed by atoms with van der Waals surface area (Å²) in [6.45, 7) is 7.48. The van der Waals surface area contributed by atoms with Crippen LogP contribution in [-0.2, 0) is 0 Å². The van der Waals surface area contributed by atoms with Crippen LogP contribution in [0.2, 0.25) is 0 Å². The Morgan fingerprint density at radius 3 is 2.57 bits per heavy atom. The molecule has 1 atom stereocenters. The molecule has 5 heteroatoms. The Hall–Kier alpha value is -1.91. The van der Waals surface area contributed by atoms with Crippen molar-refractivity contribution in [1.29, 1.82) is 0 Å². The molecule has 1 aromatic rings. The van der Waals surface area contributed by atoms with Crippen LogP contribution in [0.25, 0.3) is 0 Å². The highest BCUT2D eigenvalue weighted by Gasteiger charge is 2.13. The van der Waals surface area contributed by atoms with Gasteiger partial charge in [-0.15, -0.1) is 0 Å². The van der Waals surface area contributed by atoms with Gasteiger partial charge in [0.2, 0.25) is 0 Å². The number of anilines is 1. The second-order valence-corrected chi connectivity index (χ2v) is 5.83. The first-order chi connectivity index (χ1) is 10.0. The number of hydrogen-bond acceptors (Lipinski definition) is 3. The molecule has 0 saturated carbocycles. The summed E-state index contributed by atoms with van der Waals surface area (Å²) in [5, 5.41) is 5.77. The third-order valence-electron chi connectivity index (χ3n) is 3.35. The lowest BCUT2D eigenvalue weighted by molar-refractivity contribution is 0.171. The minimum Gasteiger partial charge on any atom is -0.486 e. The molecule has 5 nitrogen and oxygen atoms in total. The zero-order valence-electron chi connectivity index (χ0n) is 12.9. The summed E-state index contributed by atoms with van der Waals surface area (Å²) in [5.41, 5.74) is 0.702. The van der Waals surface area contributed by atoms with Gasteiger partial charge in [0, 0.05) is 17.8 Å². The number of benzene rings is 1. The van der Waals surface area contributed by atoms with E-state index in [9.17, 15) is 4.79 Å². The molecule has 1 unspecified atom stereocenters. The zero-order chi connectivity index (χ0) is 15.2. The van der Waals surface area contributed by atoms with Crippen molar-refractivity contribution < 1.29 is 14.3 Å². The highest BCUT2D eigenvalue weighted by atomic mass is 16.6. The number of carbonyl (C=O) groups is 1. The minimum absolute atomic E-state index is 0.157. The Morgan fingerprint density at radius 2 is 1.86 bits per heavy atom. The largest absolute Gasteiger partial charge is 0.486 e. The van der Waals surface area contributed by atoms with Crippen LogP contribution >= 0.6 is 0 Å². The van der Waals surface area contributed by atoms with Gasteiger partial charge in [0.05, 0.1) is 0 Å². The molecule has 0 fully saturated rings. The Morgan fingerprint density at radius 1 is 1.14 bits per heavy atom. The van der Waals surface area contributed by atoms with Gasteiger partial charge in [0.1, 0.15) is 13.2 Å². The van der Waals surface area contributed by atoms with Crippen molar-refractivity contribution in [3.63, 3.8) is 0 Å². The topological polar surface area (TPSA) is 59.6 Å². The van der Waals surface area contributed by atoms with Gasteiger partial charge in [-0.1, -0.05) is 13.8 Å². The van der Waals surface area contributed by atoms with Gasteiger partial charge in [0.15, 0.2) is 11.5 Å². The summed E-state index contributed by atoms with van der Waals surface area (Å²) in [6, 6.07) is 5.37. The standard InChI is InChI=1S/C16H24N2O3/c1-11(2)4-5-12(3)17-16(19)18-13-6-7-14-15(10-13)21-9-8-20-14/h6-7,10-12H,4-5,8-9H2,1-3H3,(H2,17,18,19). The fourth-order valence-electron chi connectivity index (χ4n) is 2.17. The fraction of sp³-hybridized carbons (Fsp3) is 0.562. The molecular weight excluding hydrogens is 268 g/mol. The quantitative estimate of drug-likeness (QED) is 0.874. The van der Waals surface area contributed by atoms with Gasteiger partial charge in [0.25, 0.3) is 0 Å². The Labute approximate surface area is 126 Å². The van der Waals surface area contributed by atoms with Crippen LogP contribution in [-0.4, -0.2) is 25.3 Å². The second-order valence-electron chi connectivity index (χ2n) is 5.83. The van der Waals surface area contributed by atoms with Crippen molar-refractivity contribution in [1.82, 2.24) is 5.32 Å². The maximum atomic E-state index is 11.9. The number of carbonyl (C=O) groups excluding carboxylic acids is 1. The van der Waals surface area contributed by atoms with Crippen molar-refractivity contribution in [2.75, 3.05) is 18.5 Å². The third-order valence-corrected chi connectivity index (χ3v) is 3.35. The summed E-state index contributed by atoms with van der Waals surface area (Å²) < 4.78 is 10.9. The summed E-state index contributed by atoms with van der Waals surface area (Å²) in [4.78, 5) is 11.9. The van der Waals surface area contributed by atoms with E-state index in [1.165, 1.54) is 0 Å². The molecule has 1 aliphatic heterocycles. The first-order valence-corrected chi connectivity index (χ1v) is 7.51. The molecule has 116 valence electrons. The summed E-state index contributed by atoms with van der Waals surface area (Å²) in [7, 11) is 0. The second kappa shape index (κ2) is 7.20. The Kier molecular flexibility index (Phi) is 5.31. The van der Waals surface area contributed by atoms with Crippen molar-refractivity contribution in [3.05, 3.63) is 18.2 Å². The monoisotopic (exact) mass is 292 g/mol. The van der Waals surface area contributed by atoms with Crippen LogP contribution in [0.1, 0.15) is 33.6 Å². The van der Waals surface area contributed by atoms with Crippen molar-refractivity contribution in [2.45, 2.75) is 39.7 Å². The number of amides is 2. The van der Waals surface area contributed by atoms with Gasteiger partial charge >= 0.3 is 6.03 Å². The average Bonchev–Trinajstić information content (AvgIpc) is 2.45. The molecule has 2 amide bonds. The number of urea groups is 1. The van der Waals surface area contributed by atoms with E-state index in [1.807, 2.05) is 19.1 Å². The Balaban J connectivity index is 1.85. The zero-order valence-corrected chi connectivity index (χ0v) is 12.9. The minimum atomic E-state index is -0.192. The molecule has 2 N–H and O–H groups in total. The number of ether oxygens (including phenoxy) is 2. The first kappa shape index (κ1) is 15.5. The van der Waals surface area contributed by atoms with E-state index >= 15 is 0 Å². The molecule has 0 bridgehead atoms. The number of rotatable bonds is 5. The molecule has 0 saturated heterocycles. The third kappa shape index (κ3) is 4.85. The lowest BCUT2D eigenvalue weighted by atomic mass is 10.0. The molecule has 2 rings (SSSR count). The van der Waals surface area contributed by atoms with Crippen molar-refractivity contribution in [2.24, 2.45) is 5.92 Å². The van der Waals surface area contributed by atoms with E-state index in [0.717, 1.165) is 18.6 Å². The predicted molar refractivity (Wildman–Crippen MR) is 83.1 cm³/mol. The van der Waals surface area contributed by atoms with Crippen LogP contribution in [0, 0.1) is 5.92 Å². The average molecular weight is 292 g/mol. The van der Waals surface area contributed by atoms with E-state index in [1.54, 1.807) is 6.07 Å². The SMILES string of the molecule is CC(C)CCC(C)NC(=O)Nc1ccc2c(c1)OCCO2. The van der Waals surface area contributed by atoms with Gasteiger partial charge in [-0.2, -0.15) is 0 Å². The maximum absolute atomic E-state index is 11.9. The molecule has 1 heterocycles. The van der Waals surface area contributed by atoms with Gasteiger partial charge in [-0.05, 0) is 37.8 Å². The molecule has 0 spiro atoms. The van der Waals surface area contributed by atoms with E-state index < -0.39 is 0 Å². The van der Waals surface area contributed by atoms with Crippen molar-refractivity contribution >= 4 is 11.7 Å². The molecule has 0 aromatic heterocycles. The van der Waals surface area contributed by atoms with Gasteiger partial charge < -0.3 is 20.1 Å². The van der Waals surface area contributed by atoms with Crippen LogP contribution in [0.3, 0.4) is 0 Å². The summed E-state index contributed by atoms with van der Waals surface area (Å²) in [5.74, 6) is 2.04. The lowest BCUT2D eigenvalue weighted by Gasteiger charge is -2.19. The smallest absolute Gasteiger partial charge is 0.319 e. The van der Waals surface area contributed by atoms with Crippen LogP contribution < -0.4 is 20.1 Å². The highest BCUT2D eigenvalue weighted by Crippen LogP contribution is 2.32. The van der Waals surface area contributed by atoms with Crippen LogP contribution in [0.15, 0.2) is 18.2 Å². The fourth-order valence-corrected chi connectivity index (χ4v) is 2.17.